The smallest absolute Gasteiger partial charge is 0.407 e. The van der Waals surface area contributed by atoms with Crippen molar-refractivity contribution in [3.05, 3.63) is 131 Å². The Kier molecular flexibility index (Phi) is 11.6. The van der Waals surface area contributed by atoms with Crippen molar-refractivity contribution in [1.29, 1.82) is 0 Å². The fraction of sp³-hybridized carbons (Fsp3) is 0.286. The molecule has 1 aliphatic rings. The molecule has 1 aliphatic heterocycles. The van der Waals surface area contributed by atoms with E-state index >= 15 is 4.39 Å². The van der Waals surface area contributed by atoms with E-state index in [-0.39, 0.29) is 30.9 Å². The lowest BCUT2D eigenvalue weighted by Gasteiger charge is -2.30. The van der Waals surface area contributed by atoms with E-state index in [0.717, 1.165) is 5.56 Å². The number of hydrogen-bond donors (Lipinski definition) is 4. The van der Waals surface area contributed by atoms with Crippen LogP contribution in [0.3, 0.4) is 0 Å². The van der Waals surface area contributed by atoms with Crippen molar-refractivity contribution >= 4 is 17.7 Å². The minimum atomic E-state index is -1.16. The molecule has 3 aromatic carbocycles. The molecule has 3 atom stereocenters. The predicted octanol–water partition coefficient (Wildman–Crippen LogP) is 4.81. The number of anilines is 1. The molecule has 0 saturated carbocycles. The number of nitrogens with zero attached hydrogens (tertiary/aromatic N) is 1. The van der Waals surface area contributed by atoms with E-state index in [0.29, 0.717) is 42.8 Å². The van der Waals surface area contributed by atoms with Gasteiger partial charge in [-0.15, -0.1) is 0 Å². The molecule has 246 valence electrons. The molecule has 1 saturated heterocycles. The van der Waals surface area contributed by atoms with Gasteiger partial charge in [-0.05, 0) is 78.1 Å². The van der Waals surface area contributed by atoms with Crippen molar-refractivity contribution in [3.8, 4) is 0 Å². The maximum Gasteiger partial charge on any atom is 0.407 e. The molecule has 12 heteroatoms. The molecular weight excluding hydrogens is 611 g/mol. The summed E-state index contributed by atoms with van der Waals surface area (Å²) in [5, 5.41) is 8.75. The molecule has 5 N–H and O–H groups in total. The summed E-state index contributed by atoms with van der Waals surface area (Å²) in [5.74, 6) is -2.69. The van der Waals surface area contributed by atoms with Crippen molar-refractivity contribution in [1.82, 2.24) is 15.6 Å². The zero-order valence-electron chi connectivity index (χ0n) is 25.5. The second kappa shape index (κ2) is 16.2. The highest BCUT2D eigenvalue weighted by atomic mass is 19.1. The Hall–Kier alpha value is -4.78. The molecule has 1 aromatic heterocycles. The van der Waals surface area contributed by atoms with Crippen LogP contribution in [-0.4, -0.2) is 54.9 Å². The van der Waals surface area contributed by atoms with Gasteiger partial charge in [0.1, 0.15) is 24.1 Å². The van der Waals surface area contributed by atoms with Crippen LogP contribution >= 0.6 is 0 Å². The van der Waals surface area contributed by atoms with E-state index in [9.17, 15) is 18.4 Å². The van der Waals surface area contributed by atoms with Gasteiger partial charge in [0.05, 0.1) is 24.8 Å². The summed E-state index contributed by atoms with van der Waals surface area (Å²) in [7, 11) is 0. The first-order valence-electron chi connectivity index (χ1n) is 15.3. The number of nitrogens with one attached hydrogen (secondary N) is 3. The fourth-order valence-electron chi connectivity index (χ4n) is 5.41. The Morgan fingerprint density at radius 1 is 0.957 bits per heavy atom. The van der Waals surface area contributed by atoms with Crippen molar-refractivity contribution in [2.75, 3.05) is 25.1 Å². The monoisotopic (exact) mass is 647 g/mol. The Balaban J connectivity index is 1.14. The number of benzene rings is 3. The molecule has 4 aromatic rings. The third-order valence-electron chi connectivity index (χ3n) is 7.98. The molecule has 0 spiro atoms. The van der Waals surface area contributed by atoms with Gasteiger partial charge >= 0.3 is 6.09 Å². The first-order valence-corrected chi connectivity index (χ1v) is 15.3. The van der Waals surface area contributed by atoms with E-state index in [4.69, 9.17) is 15.2 Å². The number of ether oxygens (including phenoxy) is 2. The highest BCUT2D eigenvalue weighted by molar-refractivity contribution is 5.96. The summed E-state index contributed by atoms with van der Waals surface area (Å²) >= 11 is 0. The van der Waals surface area contributed by atoms with E-state index in [1.165, 1.54) is 60.7 Å². The molecule has 1 fully saturated rings. The molecular formula is C35H36F3N5O4. The molecule has 0 bridgehead atoms. The zero-order valence-corrected chi connectivity index (χ0v) is 25.5. The SMILES string of the molecule is NC(C(=O)Nc1cccc(F)c1CC[C@@H]1CN[C@H](COC(=O)NCc2ccncc2)CO1)C(c1ccc(F)cc1)c1ccc(F)cc1. The van der Waals surface area contributed by atoms with Gasteiger partial charge in [-0.2, -0.15) is 0 Å². The van der Waals surface area contributed by atoms with Gasteiger partial charge in [-0.3, -0.25) is 9.78 Å². The average molecular weight is 648 g/mol. The van der Waals surface area contributed by atoms with Crippen molar-refractivity contribution in [2.45, 2.75) is 43.5 Å². The minimum absolute atomic E-state index is 0.121. The van der Waals surface area contributed by atoms with Crippen molar-refractivity contribution in [3.63, 3.8) is 0 Å². The number of alkyl carbamates (subject to hydrolysis) is 1. The van der Waals surface area contributed by atoms with Crippen LogP contribution in [0.25, 0.3) is 0 Å². The topological polar surface area (TPSA) is 128 Å². The minimum Gasteiger partial charge on any atom is -0.448 e. The van der Waals surface area contributed by atoms with Gasteiger partial charge in [0.15, 0.2) is 0 Å². The quantitative estimate of drug-likeness (QED) is 0.174. The maximum absolute atomic E-state index is 15.1. The van der Waals surface area contributed by atoms with Gasteiger partial charge in [0.2, 0.25) is 5.91 Å². The second-order valence-corrected chi connectivity index (χ2v) is 11.3. The largest absolute Gasteiger partial charge is 0.448 e. The lowest BCUT2D eigenvalue weighted by Crippen LogP contribution is -2.49. The summed E-state index contributed by atoms with van der Waals surface area (Å²) in [4.78, 5) is 29.5. The van der Waals surface area contributed by atoms with Crippen LogP contribution in [-0.2, 0) is 27.2 Å². The molecule has 2 heterocycles. The Morgan fingerprint density at radius 3 is 2.23 bits per heavy atom. The molecule has 0 radical (unpaired) electrons. The lowest BCUT2D eigenvalue weighted by atomic mass is 9.85. The van der Waals surface area contributed by atoms with Crippen LogP contribution in [0, 0.1) is 17.5 Å². The summed E-state index contributed by atoms with van der Waals surface area (Å²) < 4.78 is 53.7. The standard InChI is InChI=1S/C35H36F3N5O4/c36-25-8-4-23(5-9-25)32(24-6-10-26(37)11-7-24)33(39)34(44)43-31-3-1-2-30(38)29(31)13-12-28-19-41-27(20-46-28)21-47-35(45)42-18-22-14-16-40-17-15-22/h1-11,14-17,27-28,32-33,41H,12-13,18-21,39H2,(H,42,45)(H,43,44)/t27-,28+,33?/m0/s1. The van der Waals surface area contributed by atoms with Gasteiger partial charge in [0.25, 0.3) is 0 Å². The van der Waals surface area contributed by atoms with Crippen LogP contribution in [0.2, 0.25) is 0 Å². The van der Waals surface area contributed by atoms with E-state index in [2.05, 4.69) is 20.9 Å². The van der Waals surface area contributed by atoms with Crippen molar-refractivity contribution < 1.29 is 32.2 Å². The van der Waals surface area contributed by atoms with Gasteiger partial charge in [-0.1, -0.05) is 30.3 Å². The predicted molar refractivity (Wildman–Crippen MR) is 170 cm³/mol. The number of halogens is 3. The Bertz CT molecular complexity index is 1570. The zero-order chi connectivity index (χ0) is 33.2. The number of morpholine rings is 1. The highest BCUT2D eigenvalue weighted by Gasteiger charge is 2.29. The van der Waals surface area contributed by atoms with E-state index < -0.39 is 41.4 Å². The van der Waals surface area contributed by atoms with Crippen LogP contribution in [0.1, 0.15) is 34.6 Å². The van der Waals surface area contributed by atoms with Gasteiger partial charge < -0.3 is 31.2 Å². The molecule has 47 heavy (non-hydrogen) atoms. The number of carbonyl (C=O) groups is 2. The third kappa shape index (κ3) is 9.38. The molecule has 5 rings (SSSR count). The number of amides is 2. The van der Waals surface area contributed by atoms with Crippen molar-refractivity contribution in [2.24, 2.45) is 5.73 Å². The Labute approximate surface area is 270 Å². The number of carbonyl (C=O) groups excluding carboxylic acids is 2. The number of nitrogens with two attached hydrogens (primary N) is 1. The Morgan fingerprint density at radius 2 is 1.62 bits per heavy atom. The number of hydrogen-bond acceptors (Lipinski definition) is 7. The van der Waals surface area contributed by atoms with Crippen LogP contribution in [0.15, 0.2) is 91.3 Å². The maximum atomic E-state index is 15.1. The van der Waals surface area contributed by atoms with Crippen LogP contribution < -0.4 is 21.7 Å². The van der Waals surface area contributed by atoms with Crippen LogP contribution in [0.5, 0.6) is 0 Å². The third-order valence-corrected chi connectivity index (χ3v) is 7.98. The van der Waals surface area contributed by atoms with Gasteiger partial charge in [0, 0.05) is 42.7 Å². The summed E-state index contributed by atoms with van der Waals surface area (Å²) in [6.07, 6.45) is 3.23. The fourth-order valence-corrected chi connectivity index (χ4v) is 5.41. The van der Waals surface area contributed by atoms with Gasteiger partial charge in [-0.25, -0.2) is 18.0 Å². The first kappa shape index (κ1) is 33.6. The molecule has 2 amide bonds. The normalized spacial score (nSPS) is 16.8. The summed E-state index contributed by atoms with van der Waals surface area (Å²) in [6, 6.07) is 17.8. The number of pyridine rings is 1. The lowest BCUT2D eigenvalue weighted by molar-refractivity contribution is -0.117. The molecule has 0 aliphatic carbocycles. The van der Waals surface area contributed by atoms with Crippen LogP contribution in [0.4, 0.5) is 23.7 Å². The van der Waals surface area contributed by atoms with E-state index in [1.54, 1.807) is 30.6 Å². The highest BCUT2D eigenvalue weighted by Crippen LogP contribution is 2.30. The number of rotatable bonds is 12. The summed E-state index contributed by atoms with van der Waals surface area (Å²) in [6.45, 7) is 1.21. The second-order valence-electron chi connectivity index (χ2n) is 11.3. The molecule has 1 unspecified atom stereocenters. The number of aromatic nitrogens is 1. The van der Waals surface area contributed by atoms with E-state index in [1.807, 2.05) is 0 Å². The average Bonchev–Trinajstić information content (AvgIpc) is 3.09. The summed E-state index contributed by atoms with van der Waals surface area (Å²) in [5.41, 5.74) is 9.08. The molecule has 9 nitrogen and oxygen atoms in total. The first-order chi connectivity index (χ1) is 22.8.